The second-order valence-corrected chi connectivity index (χ2v) is 8.32. The number of carbonyl (C=O) groups excluding carboxylic acids is 3. The van der Waals surface area contributed by atoms with Crippen LogP contribution in [0.3, 0.4) is 0 Å². The van der Waals surface area contributed by atoms with Crippen molar-refractivity contribution in [2.75, 3.05) is 20.2 Å². The van der Waals surface area contributed by atoms with E-state index in [0.29, 0.717) is 48.3 Å². The molecule has 6 rings (SSSR count). The molecule has 0 atom stereocenters. The highest BCUT2D eigenvalue weighted by molar-refractivity contribution is 6.50. The summed E-state index contributed by atoms with van der Waals surface area (Å²) in [4.78, 5) is 44.1. The number of aromatic nitrogens is 2. The predicted octanol–water partition coefficient (Wildman–Crippen LogP) is 2.97. The highest BCUT2D eigenvalue weighted by Crippen LogP contribution is 2.39. The van der Waals surface area contributed by atoms with Crippen molar-refractivity contribution >= 4 is 50.9 Å². The minimum absolute atomic E-state index is 0.244. The van der Waals surface area contributed by atoms with Crippen LogP contribution in [0.2, 0.25) is 0 Å². The molecule has 0 spiro atoms. The minimum Gasteiger partial charge on any atom is -0.464 e. The van der Waals surface area contributed by atoms with Crippen molar-refractivity contribution in [2.45, 2.75) is 13.0 Å². The summed E-state index contributed by atoms with van der Waals surface area (Å²) in [5.41, 5.74) is 4.22. The predicted molar refractivity (Wildman–Crippen MR) is 124 cm³/mol. The first-order chi connectivity index (χ1) is 16.6. The number of nitrogens with one attached hydrogen (secondary N) is 1. The third-order valence-corrected chi connectivity index (χ3v) is 6.50. The summed E-state index contributed by atoms with van der Waals surface area (Å²) in [6, 6.07) is 7.67. The van der Waals surface area contributed by atoms with Gasteiger partial charge in [0.25, 0.3) is 11.8 Å². The lowest BCUT2D eigenvalue weighted by Crippen LogP contribution is -2.36. The molecule has 5 heterocycles. The number of furan rings is 1. The van der Waals surface area contributed by atoms with Gasteiger partial charge in [0, 0.05) is 60.1 Å². The highest BCUT2D eigenvalue weighted by atomic mass is 16.5. The molecule has 0 saturated carbocycles. The van der Waals surface area contributed by atoms with E-state index in [2.05, 4.69) is 10.3 Å². The van der Waals surface area contributed by atoms with Gasteiger partial charge in [-0.2, -0.15) is 0 Å². The normalized spacial score (nSPS) is 16.2. The first-order valence-electron chi connectivity index (χ1n) is 10.9. The van der Waals surface area contributed by atoms with E-state index in [1.165, 1.54) is 13.4 Å². The van der Waals surface area contributed by atoms with Crippen LogP contribution in [-0.2, 0) is 27.3 Å². The molecule has 0 saturated heterocycles. The molecular weight excluding hydrogens is 436 g/mol. The van der Waals surface area contributed by atoms with Crippen molar-refractivity contribution in [3.8, 4) is 0 Å². The largest absolute Gasteiger partial charge is 0.464 e. The van der Waals surface area contributed by atoms with E-state index < -0.39 is 11.8 Å². The van der Waals surface area contributed by atoms with Gasteiger partial charge in [-0.3, -0.25) is 19.9 Å². The Morgan fingerprint density at radius 1 is 1.06 bits per heavy atom. The lowest BCUT2D eigenvalue weighted by Gasteiger charge is -2.24. The summed E-state index contributed by atoms with van der Waals surface area (Å²) in [5.74, 6) is -0.942. The number of rotatable bonds is 2. The van der Waals surface area contributed by atoms with E-state index in [4.69, 9.17) is 9.15 Å². The molecule has 0 unspecified atom stereocenters. The molecule has 2 aliphatic rings. The number of pyridine rings is 1. The number of hydrogen-bond donors (Lipinski definition) is 1. The van der Waals surface area contributed by atoms with Crippen molar-refractivity contribution in [1.29, 1.82) is 0 Å². The zero-order chi connectivity index (χ0) is 23.4. The van der Waals surface area contributed by atoms with Gasteiger partial charge >= 0.3 is 6.09 Å². The molecule has 170 valence electrons. The Morgan fingerprint density at radius 2 is 1.88 bits per heavy atom. The van der Waals surface area contributed by atoms with Crippen LogP contribution in [0.4, 0.5) is 4.79 Å². The highest BCUT2D eigenvalue weighted by Gasteiger charge is 2.36. The fraction of sp³-hybridized carbons (Fsp3) is 0.200. The van der Waals surface area contributed by atoms with E-state index in [1.807, 2.05) is 29.0 Å². The summed E-state index contributed by atoms with van der Waals surface area (Å²) >= 11 is 0. The second kappa shape index (κ2) is 7.58. The van der Waals surface area contributed by atoms with Crippen LogP contribution in [0.5, 0.6) is 0 Å². The first-order valence-corrected chi connectivity index (χ1v) is 10.9. The number of fused-ring (bicyclic) bond motifs is 1. The Kier molecular flexibility index (Phi) is 4.51. The Balaban J connectivity index is 1.57. The number of benzene rings is 1. The molecule has 0 fully saturated rings. The monoisotopic (exact) mass is 456 g/mol. The molecule has 3 aromatic heterocycles. The number of amides is 3. The summed E-state index contributed by atoms with van der Waals surface area (Å²) in [6.45, 7) is 1.53. The van der Waals surface area contributed by atoms with Crippen LogP contribution in [-0.4, -0.2) is 52.6 Å². The van der Waals surface area contributed by atoms with Gasteiger partial charge in [0.1, 0.15) is 5.58 Å². The fourth-order valence-electron chi connectivity index (χ4n) is 4.96. The van der Waals surface area contributed by atoms with Gasteiger partial charge in [-0.1, -0.05) is 18.2 Å². The van der Waals surface area contributed by atoms with Gasteiger partial charge in [0.15, 0.2) is 0 Å². The third-order valence-electron chi connectivity index (χ3n) is 6.50. The molecule has 34 heavy (non-hydrogen) atoms. The minimum atomic E-state index is -0.482. The van der Waals surface area contributed by atoms with Crippen LogP contribution in [0.15, 0.2) is 53.5 Å². The summed E-state index contributed by atoms with van der Waals surface area (Å²) in [7, 11) is 1.37. The fourth-order valence-corrected chi connectivity index (χ4v) is 4.96. The van der Waals surface area contributed by atoms with Crippen molar-refractivity contribution < 1.29 is 23.5 Å². The SMILES string of the molecule is COC(=O)N1CCc2cccc3c(C4=C(c5cncc6ccoc56)C(=O)NC4=O)cn(c23)CC1. The van der Waals surface area contributed by atoms with Crippen LogP contribution >= 0.6 is 0 Å². The van der Waals surface area contributed by atoms with Gasteiger partial charge in [-0.25, -0.2) is 4.79 Å². The molecule has 9 nitrogen and oxygen atoms in total. The van der Waals surface area contributed by atoms with Crippen LogP contribution < -0.4 is 5.32 Å². The van der Waals surface area contributed by atoms with Crippen molar-refractivity contribution in [3.05, 3.63) is 65.8 Å². The van der Waals surface area contributed by atoms with E-state index in [9.17, 15) is 14.4 Å². The van der Waals surface area contributed by atoms with Gasteiger partial charge in [-0.15, -0.1) is 0 Å². The zero-order valence-corrected chi connectivity index (χ0v) is 18.3. The quantitative estimate of drug-likeness (QED) is 0.465. The Hall–Kier alpha value is -4.40. The average molecular weight is 456 g/mol. The maximum Gasteiger partial charge on any atom is 0.409 e. The van der Waals surface area contributed by atoms with Gasteiger partial charge in [0.05, 0.1) is 30.0 Å². The Bertz CT molecular complexity index is 1540. The first kappa shape index (κ1) is 20.2. The Labute approximate surface area is 193 Å². The number of carbonyl (C=O) groups is 3. The molecule has 4 aromatic rings. The van der Waals surface area contributed by atoms with Crippen LogP contribution in [0.25, 0.3) is 33.0 Å². The van der Waals surface area contributed by atoms with E-state index >= 15 is 0 Å². The number of nitrogens with zero attached hydrogens (tertiary/aromatic N) is 3. The van der Waals surface area contributed by atoms with Crippen LogP contribution in [0.1, 0.15) is 16.7 Å². The standard InChI is InChI=1S/C25H20N4O5/c1-33-25(32)28-7-5-14-3-2-4-16-18(13-29(9-8-28)21(14)16)20-19(23(30)27-24(20)31)17-12-26-11-15-6-10-34-22(15)17/h2-4,6,10-13H,5,7-9H2,1H3,(H,27,30,31). The smallest absolute Gasteiger partial charge is 0.409 e. The van der Waals surface area contributed by atoms with E-state index in [0.717, 1.165) is 21.9 Å². The molecule has 2 aliphatic heterocycles. The van der Waals surface area contributed by atoms with Gasteiger partial charge < -0.3 is 18.6 Å². The lowest BCUT2D eigenvalue weighted by atomic mass is 9.95. The van der Waals surface area contributed by atoms with E-state index in [1.54, 1.807) is 23.4 Å². The lowest BCUT2D eigenvalue weighted by molar-refractivity contribution is -0.122. The average Bonchev–Trinajstić information content (AvgIpc) is 3.52. The number of hydrogen-bond acceptors (Lipinski definition) is 6. The number of ether oxygens (including phenoxy) is 1. The van der Waals surface area contributed by atoms with Crippen molar-refractivity contribution in [1.82, 2.24) is 19.8 Å². The van der Waals surface area contributed by atoms with E-state index in [-0.39, 0.29) is 11.7 Å². The number of imide groups is 1. The number of methoxy groups -OCH3 is 1. The summed E-state index contributed by atoms with van der Waals surface area (Å²) < 4.78 is 12.6. The summed E-state index contributed by atoms with van der Waals surface area (Å²) in [5, 5.41) is 4.07. The third kappa shape index (κ3) is 2.93. The topological polar surface area (TPSA) is 107 Å². The zero-order valence-electron chi connectivity index (χ0n) is 18.3. The molecule has 1 aromatic carbocycles. The molecule has 3 amide bonds. The molecule has 0 aliphatic carbocycles. The molecule has 0 radical (unpaired) electrons. The summed E-state index contributed by atoms with van der Waals surface area (Å²) in [6.07, 6.45) is 6.89. The second-order valence-electron chi connectivity index (χ2n) is 8.32. The molecule has 0 bridgehead atoms. The van der Waals surface area contributed by atoms with Crippen LogP contribution in [0, 0.1) is 0 Å². The molecule has 1 N–H and O–H groups in total. The van der Waals surface area contributed by atoms with Crippen molar-refractivity contribution in [2.24, 2.45) is 0 Å². The maximum absolute atomic E-state index is 13.1. The van der Waals surface area contributed by atoms with Gasteiger partial charge in [-0.05, 0) is 18.1 Å². The van der Waals surface area contributed by atoms with Gasteiger partial charge in [0.2, 0.25) is 0 Å². The number of para-hydroxylation sites is 1. The molecule has 9 heteroatoms. The molecular formula is C25H20N4O5. The maximum atomic E-state index is 13.1. The Morgan fingerprint density at radius 3 is 2.71 bits per heavy atom. The van der Waals surface area contributed by atoms with Crippen molar-refractivity contribution in [3.63, 3.8) is 0 Å².